The number of benzene rings is 1. The summed E-state index contributed by atoms with van der Waals surface area (Å²) in [4.78, 5) is 67.2. The summed E-state index contributed by atoms with van der Waals surface area (Å²) in [6.45, 7) is 2.44. The van der Waals surface area contributed by atoms with E-state index >= 15 is 0 Å². The summed E-state index contributed by atoms with van der Waals surface area (Å²) in [6, 6.07) is 9.67. The van der Waals surface area contributed by atoms with Crippen LogP contribution >= 0.6 is 35.3 Å². The molecule has 222 valence electrons. The van der Waals surface area contributed by atoms with Gasteiger partial charge >= 0.3 is 6.09 Å². The number of nitrogens with one attached hydrogen (secondary N) is 1. The van der Waals surface area contributed by atoms with Gasteiger partial charge in [-0.1, -0.05) is 11.6 Å². The summed E-state index contributed by atoms with van der Waals surface area (Å²) in [5.74, 6) is -1.51. The molecule has 41 heavy (non-hydrogen) atoms. The van der Waals surface area contributed by atoms with Crippen molar-refractivity contribution in [1.29, 1.82) is 0 Å². The number of imide groups is 1. The number of carbonyl (C=O) groups is 5. The Morgan fingerprint density at radius 1 is 1.15 bits per heavy atom. The van der Waals surface area contributed by atoms with Crippen molar-refractivity contribution in [3.05, 3.63) is 45.6 Å². The Kier molecular flexibility index (Phi) is 11.5. The minimum Gasteiger partial charge on any atom is -0.442 e. The first kappa shape index (κ1) is 32.3. The molecule has 0 saturated carbocycles. The van der Waals surface area contributed by atoms with Crippen molar-refractivity contribution in [3.63, 3.8) is 0 Å². The van der Waals surface area contributed by atoms with E-state index in [0.717, 1.165) is 16.2 Å². The molecule has 2 aromatic rings. The van der Waals surface area contributed by atoms with Crippen molar-refractivity contribution in [2.75, 3.05) is 49.2 Å². The monoisotopic (exact) mass is 627 g/mol. The molecule has 1 aromatic heterocycles. The van der Waals surface area contributed by atoms with Gasteiger partial charge in [0.05, 0.1) is 35.5 Å². The van der Waals surface area contributed by atoms with E-state index in [4.69, 9.17) is 26.8 Å². The largest absolute Gasteiger partial charge is 0.442 e. The van der Waals surface area contributed by atoms with Gasteiger partial charge in [0.2, 0.25) is 11.8 Å². The third kappa shape index (κ3) is 8.17. The standard InChI is InChI=1S/C26H30ClN5O7S.ClH/c1-16(29-22(33)12-28)2-9-23(34)32(25(36)20-7-8-21(27)40-20)14-19-13-31(26(37)39-19)18-5-3-17(4-6-18)30-10-11-38-15-24(30)35;/h3-8,16,19H,2,9-15,28H2,1H3,(H,29,33);1H/t16?,19-;/m1./s1. The molecule has 2 aliphatic rings. The van der Waals surface area contributed by atoms with Crippen LogP contribution in [0.5, 0.6) is 0 Å². The number of halogens is 2. The van der Waals surface area contributed by atoms with Crippen molar-refractivity contribution in [2.45, 2.75) is 31.9 Å². The second-order valence-electron chi connectivity index (χ2n) is 9.36. The van der Waals surface area contributed by atoms with E-state index < -0.39 is 24.0 Å². The zero-order valence-corrected chi connectivity index (χ0v) is 24.6. The lowest BCUT2D eigenvalue weighted by Gasteiger charge is -2.27. The molecule has 0 aliphatic carbocycles. The molecule has 3 heterocycles. The molecule has 1 aromatic carbocycles. The molecule has 0 bridgehead atoms. The summed E-state index contributed by atoms with van der Waals surface area (Å²) in [5, 5.41) is 2.68. The number of nitrogens with two attached hydrogens (primary N) is 1. The maximum Gasteiger partial charge on any atom is 0.414 e. The highest BCUT2D eigenvalue weighted by Crippen LogP contribution is 2.27. The Morgan fingerprint density at radius 3 is 2.44 bits per heavy atom. The van der Waals surface area contributed by atoms with Crippen molar-refractivity contribution < 1.29 is 33.4 Å². The normalized spacial score (nSPS) is 17.5. The van der Waals surface area contributed by atoms with Crippen LogP contribution in [-0.4, -0.2) is 86.2 Å². The first-order chi connectivity index (χ1) is 19.2. The summed E-state index contributed by atoms with van der Waals surface area (Å²) >= 11 is 7.05. The number of rotatable bonds is 10. The second kappa shape index (κ2) is 14.6. The maximum absolute atomic E-state index is 13.3. The van der Waals surface area contributed by atoms with Crippen LogP contribution < -0.4 is 20.9 Å². The summed E-state index contributed by atoms with van der Waals surface area (Å²) in [7, 11) is 0. The molecule has 5 amide bonds. The molecule has 2 saturated heterocycles. The van der Waals surface area contributed by atoms with Crippen LogP contribution in [0.15, 0.2) is 36.4 Å². The Balaban J connectivity index is 0.00000462. The minimum atomic E-state index is -0.773. The highest BCUT2D eigenvalue weighted by Gasteiger charge is 2.37. The van der Waals surface area contributed by atoms with Gasteiger partial charge in [0, 0.05) is 30.4 Å². The van der Waals surface area contributed by atoms with Crippen LogP contribution in [-0.2, 0) is 23.9 Å². The van der Waals surface area contributed by atoms with Crippen LogP contribution in [0, 0.1) is 0 Å². The van der Waals surface area contributed by atoms with Gasteiger partial charge in [0.15, 0.2) is 0 Å². The number of hydrogen-bond acceptors (Lipinski definition) is 9. The van der Waals surface area contributed by atoms with Gasteiger partial charge in [0.25, 0.3) is 11.8 Å². The number of nitrogens with zero attached hydrogens (tertiary/aromatic N) is 3. The number of ether oxygens (including phenoxy) is 2. The van der Waals surface area contributed by atoms with E-state index in [-0.39, 0.29) is 74.2 Å². The quantitative estimate of drug-likeness (QED) is 0.407. The molecule has 2 atom stereocenters. The van der Waals surface area contributed by atoms with Crippen LogP contribution in [0.4, 0.5) is 16.2 Å². The second-order valence-corrected chi connectivity index (χ2v) is 11.1. The number of carbonyl (C=O) groups excluding carboxylic acids is 5. The van der Waals surface area contributed by atoms with E-state index in [1.54, 1.807) is 42.2 Å². The minimum absolute atomic E-state index is 0. The van der Waals surface area contributed by atoms with E-state index in [2.05, 4.69) is 5.32 Å². The lowest BCUT2D eigenvalue weighted by molar-refractivity contribution is -0.130. The number of cyclic esters (lactones) is 1. The van der Waals surface area contributed by atoms with Crippen LogP contribution in [0.3, 0.4) is 0 Å². The highest BCUT2D eigenvalue weighted by molar-refractivity contribution is 7.18. The molecule has 1 unspecified atom stereocenters. The number of thiophene rings is 1. The Hall–Kier alpha value is -3.23. The fraction of sp³-hybridized carbons (Fsp3) is 0.423. The molecular formula is C26H31Cl2N5O7S. The fourth-order valence-electron chi connectivity index (χ4n) is 4.38. The van der Waals surface area contributed by atoms with Gasteiger partial charge in [-0.05, 0) is 49.7 Å². The van der Waals surface area contributed by atoms with Gasteiger partial charge in [-0.15, -0.1) is 23.7 Å². The average molecular weight is 629 g/mol. The van der Waals surface area contributed by atoms with Gasteiger partial charge in [-0.2, -0.15) is 0 Å². The topological polar surface area (TPSA) is 152 Å². The van der Waals surface area contributed by atoms with Gasteiger partial charge < -0.3 is 25.4 Å². The Morgan fingerprint density at radius 2 is 1.83 bits per heavy atom. The molecule has 2 aliphatic heterocycles. The van der Waals surface area contributed by atoms with Crippen LogP contribution in [0.1, 0.15) is 29.4 Å². The van der Waals surface area contributed by atoms with Crippen LogP contribution in [0.25, 0.3) is 0 Å². The molecule has 0 spiro atoms. The van der Waals surface area contributed by atoms with E-state index in [1.807, 2.05) is 0 Å². The zero-order chi connectivity index (χ0) is 28.8. The van der Waals surface area contributed by atoms with Crippen molar-refractivity contribution in [2.24, 2.45) is 5.73 Å². The number of amides is 5. The molecular weight excluding hydrogens is 597 g/mol. The number of hydrogen-bond donors (Lipinski definition) is 2. The van der Waals surface area contributed by atoms with Crippen molar-refractivity contribution in [1.82, 2.24) is 10.2 Å². The molecule has 2 fully saturated rings. The van der Waals surface area contributed by atoms with Crippen LogP contribution in [0.2, 0.25) is 4.34 Å². The third-order valence-electron chi connectivity index (χ3n) is 6.43. The Bertz CT molecular complexity index is 1280. The smallest absolute Gasteiger partial charge is 0.414 e. The van der Waals surface area contributed by atoms with Gasteiger partial charge in [0.1, 0.15) is 12.7 Å². The molecule has 3 N–H and O–H groups in total. The molecule has 0 radical (unpaired) electrons. The van der Waals surface area contributed by atoms with E-state index in [0.29, 0.717) is 28.9 Å². The fourth-order valence-corrected chi connectivity index (χ4v) is 5.37. The maximum atomic E-state index is 13.3. The summed E-state index contributed by atoms with van der Waals surface area (Å²) < 4.78 is 11.1. The zero-order valence-electron chi connectivity index (χ0n) is 22.2. The van der Waals surface area contributed by atoms with Crippen molar-refractivity contribution >= 4 is 76.4 Å². The number of anilines is 2. The first-order valence-corrected chi connectivity index (χ1v) is 13.9. The SMILES string of the molecule is CC(CCC(=O)N(C[C@H]1CN(c2ccc(N3CCOCC3=O)cc2)C(=O)O1)C(=O)c1ccc(Cl)s1)NC(=O)CN.Cl. The lowest BCUT2D eigenvalue weighted by Crippen LogP contribution is -2.44. The predicted molar refractivity (Wildman–Crippen MR) is 156 cm³/mol. The van der Waals surface area contributed by atoms with E-state index in [9.17, 15) is 24.0 Å². The van der Waals surface area contributed by atoms with Gasteiger partial charge in [-0.3, -0.25) is 29.0 Å². The first-order valence-electron chi connectivity index (χ1n) is 12.7. The number of morpholine rings is 1. The summed E-state index contributed by atoms with van der Waals surface area (Å²) in [5.41, 5.74) is 6.57. The van der Waals surface area contributed by atoms with Crippen molar-refractivity contribution in [3.8, 4) is 0 Å². The summed E-state index contributed by atoms with van der Waals surface area (Å²) in [6.07, 6.45) is -1.13. The Labute approximate surface area is 252 Å². The van der Waals surface area contributed by atoms with E-state index in [1.165, 1.54) is 11.0 Å². The molecule has 4 rings (SSSR count). The highest BCUT2D eigenvalue weighted by atomic mass is 35.5. The molecule has 12 nitrogen and oxygen atoms in total. The lowest BCUT2D eigenvalue weighted by atomic mass is 10.1. The third-order valence-corrected chi connectivity index (χ3v) is 7.65. The van der Waals surface area contributed by atoms with Gasteiger partial charge in [-0.25, -0.2) is 4.79 Å². The molecule has 15 heteroatoms. The predicted octanol–water partition coefficient (Wildman–Crippen LogP) is 2.42. The average Bonchev–Trinajstić information content (AvgIpc) is 3.55.